The SMILES string of the molecule is CCOC(=O)c1cc2c(Cl)cc(OC)cc2n1CCCCC(=O)O. The molecule has 1 N–H and O–H groups in total. The number of hydrogen-bond acceptors (Lipinski definition) is 4. The van der Waals surface area contributed by atoms with Crippen molar-refractivity contribution < 1.29 is 24.2 Å². The molecule has 0 radical (unpaired) electrons. The minimum Gasteiger partial charge on any atom is -0.497 e. The minimum absolute atomic E-state index is 0.0953. The molecule has 1 heterocycles. The zero-order valence-corrected chi connectivity index (χ0v) is 14.4. The number of carbonyl (C=O) groups is 2. The molecule has 0 aliphatic rings. The average Bonchev–Trinajstić information content (AvgIpc) is 2.91. The van der Waals surface area contributed by atoms with Gasteiger partial charge in [0.2, 0.25) is 0 Å². The van der Waals surface area contributed by atoms with Crippen LogP contribution in [-0.2, 0) is 16.1 Å². The number of aryl methyl sites for hydroxylation is 1. The van der Waals surface area contributed by atoms with E-state index in [4.69, 9.17) is 26.2 Å². The second-order valence-corrected chi connectivity index (χ2v) is 5.70. The lowest BCUT2D eigenvalue weighted by Crippen LogP contribution is -2.12. The lowest BCUT2D eigenvalue weighted by molar-refractivity contribution is -0.137. The molecule has 0 bridgehead atoms. The summed E-state index contributed by atoms with van der Waals surface area (Å²) < 4.78 is 12.2. The Morgan fingerprint density at radius 3 is 2.62 bits per heavy atom. The van der Waals surface area contributed by atoms with E-state index < -0.39 is 11.9 Å². The highest BCUT2D eigenvalue weighted by Crippen LogP contribution is 2.32. The minimum atomic E-state index is -0.831. The van der Waals surface area contributed by atoms with Gasteiger partial charge in [-0.05, 0) is 31.9 Å². The molecule has 24 heavy (non-hydrogen) atoms. The Labute approximate surface area is 144 Å². The molecule has 0 amide bonds. The summed E-state index contributed by atoms with van der Waals surface area (Å²) in [5.74, 6) is -0.669. The van der Waals surface area contributed by atoms with E-state index in [1.165, 1.54) is 0 Å². The molecule has 2 rings (SSSR count). The second-order valence-electron chi connectivity index (χ2n) is 5.29. The van der Waals surface area contributed by atoms with Crippen LogP contribution in [0.2, 0.25) is 5.02 Å². The normalized spacial score (nSPS) is 10.8. The Bertz CT molecular complexity index is 753. The van der Waals surface area contributed by atoms with Gasteiger partial charge in [0.1, 0.15) is 11.4 Å². The average molecular weight is 354 g/mol. The van der Waals surface area contributed by atoms with Crippen LogP contribution in [0.4, 0.5) is 0 Å². The van der Waals surface area contributed by atoms with E-state index in [2.05, 4.69) is 0 Å². The predicted octanol–water partition coefficient (Wildman–Crippen LogP) is 3.73. The largest absolute Gasteiger partial charge is 0.497 e. The lowest BCUT2D eigenvalue weighted by Gasteiger charge is -2.11. The van der Waals surface area contributed by atoms with Gasteiger partial charge in [0.25, 0.3) is 0 Å². The van der Waals surface area contributed by atoms with Gasteiger partial charge in [0, 0.05) is 24.4 Å². The molecule has 0 saturated heterocycles. The number of nitrogens with zero attached hydrogens (tertiary/aromatic N) is 1. The zero-order chi connectivity index (χ0) is 17.7. The molecule has 0 atom stereocenters. The third-order valence-electron chi connectivity index (χ3n) is 3.69. The number of ether oxygens (including phenoxy) is 2. The molecule has 130 valence electrons. The lowest BCUT2D eigenvalue weighted by atomic mass is 10.2. The highest BCUT2D eigenvalue weighted by atomic mass is 35.5. The quantitative estimate of drug-likeness (QED) is 0.578. The van der Waals surface area contributed by atoms with Crippen molar-refractivity contribution in [3.05, 3.63) is 28.9 Å². The Hall–Kier alpha value is -2.21. The molecule has 1 aromatic heterocycles. The van der Waals surface area contributed by atoms with Crippen molar-refractivity contribution in [3.63, 3.8) is 0 Å². The number of esters is 1. The van der Waals surface area contributed by atoms with Crippen molar-refractivity contribution in [1.82, 2.24) is 4.57 Å². The molecular formula is C17H20ClNO5. The van der Waals surface area contributed by atoms with Crippen molar-refractivity contribution in [2.75, 3.05) is 13.7 Å². The van der Waals surface area contributed by atoms with Gasteiger partial charge in [-0.1, -0.05) is 11.6 Å². The smallest absolute Gasteiger partial charge is 0.354 e. The van der Waals surface area contributed by atoms with E-state index in [9.17, 15) is 9.59 Å². The molecule has 1 aromatic carbocycles. The number of methoxy groups -OCH3 is 1. The number of aliphatic carboxylic acids is 1. The number of carboxylic acids is 1. The standard InChI is InChI=1S/C17H20ClNO5/c1-3-24-17(22)15-10-12-13(18)8-11(23-2)9-14(12)19(15)7-5-4-6-16(20)21/h8-10H,3-7H2,1-2H3,(H,20,21). The molecule has 0 fully saturated rings. The first-order chi connectivity index (χ1) is 11.5. The summed E-state index contributed by atoms with van der Waals surface area (Å²) in [6, 6.07) is 5.20. The number of aromatic nitrogens is 1. The summed E-state index contributed by atoms with van der Waals surface area (Å²) in [5, 5.41) is 9.97. The van der Waals surface area contributed by atoms with Gasteiger partial charge in [0.15, 0.2) is 0 Å². The van der Waals surface area contributed by atoms with Gasteiger partial charge in [-0.25, -0.2) is 4.79 Å². The van der Waals surface area contributed by atoms with Gasteiger partial charge in [-0.2, -0.15) is 0 Å². The summed E-state index contributed by atoms with van der Waals surface area (Å²) in [5.41, 5.74) is 1.16. The maximum Gasteiger partial charge on any atom is 0.354 e. The van der Waals surface area contributed by atoms with Crippen LogP contribution in [0.15, 0.2) is 18.2 Å². The Morgan fingerprint density at radius 2 is 2.00 bits per heavy atom. The van der Waals surface area contributed by atoms with E-state index >= 15 is 0 Å². The zero-order valence-electron chi connectivity index (χ0n) is 13.7. The van der Waals surface area contributed by atoms with E-state index in [-0.39, 0.29) is 13.0 Å². The monoisotopic (exact) mass is 353 g/mol. The van der Waals surface area contributed by atoms with Crippen LogP contribution < -0.4 is 4.74 Å². The number of rotatable bonds is 8. The van der Waals surface area contributed by atoms with Crippen LogP contribution in [0.5, 0.6) is 5.75 Å². The summed E-state index contributed by atoms with van der Waals surface area (Å²) in [6.45, 7) is 2.51. The van der Waals surface area contributed by atoms with Crippen molar-refractivity contribution in [2.45, 2.75) is 32.7 Å². The highest BCUT2D eigenvalue weighted by molar-refractivity contribution is 6.35. The molecule has 6 nitrogen and oxygen atoms in total. The molecule has 0 saturated carbocycles. The summed E-state index contributed by atoms with van der Waals surface area (Å²) in [7, 11) is 1.55. The number of halogens is 1. The van der Waals surface area contributed by atoms with Crippen molar-refractivity contribution >= 4 is 34.4 Å². The Morgan fingerprint density at radius 1 is 1.25 bits per heavy atom. The third kappa shape index (κ3) is 4.00. The van der Waals surface area contributed by atoms with Crippen LogP contribution in [0.1, 0.15) is 36.7 Å². The predicted molar refractivity (Wildman–Crippen MR) is 90.9 cm³/mol. The topological polar surface area (TPSA) is 77.8 Å². The number of hydrogen-bond donors (Lipinski definition) is 1. The summed E-state index contributed by atoms with van der Waals surface area (Å²) in [6.07, 6.45) is 1.24. The molecular weight excluding hydrogens is 334 g/mol. The van der Waals surface area contributed by atoms with E-state index in [1.54, 1.807) is 32.2 Å². The van der Waals surface area contributed by atoms with Crippen LogP contribution in [0.3, 0.4) is 0 Å². The van der Waals surface area contributed by atoms with Gasteiger partial charge in [-0.15, -0.1) is 0 Å². The van der Waals surface area contributed by atoms with Crippen LogP contribution in [0, 0.1) is 0 Å². The second kappa shape index (κ2) is 8.06. The number of benzene rings is 1. The van der Waals surface area contributed by atoms with Crippen LogP contribution >= 0.6 is 11.6 Å². The van der Waals surface area contributed by atoms with Gasteiger partial charge >= 0.3 is 11.9 Å². The highest BCUT2D eigenvalue weighted by Gasteiger charge is 2.19. The summed E-state index contributed by atoms with van der Waals surface area (Å²) in [4.78, 5) is 22.9. The van der Waals surface area contributed by atoms with Gasteiger partial charge < -0.3 is 19.1 Å². The molecule has 7 heteroatoms. The Balaban J connectivity index is 2.41. The van der Waals surface area contributed by atoms with E-state index in [0.717, 1.165) is 10.9 Å². The summed E-state index contributed by atoms with van der Waals surface area (Å²) >= 11 is 6.29. The molecule has 0 aliphatic carbocycles. The number of unbranched alkanes of at least 4 members (excludes halogenated alkanes) is 1. The van der Waals surface area contributed by atoms with Gasteiger partial charge in [0.05, 0.1) is 24.3 Å². The first-order valence-corrected chi connectivity index (χ1v) is 8.11. The maximum absolute atomic E-state index is 12.2. The third-order valence-corrected chi connectivity index (χ3v) is 4.00. The first kappa shape index (κ1) is 18.1. The van der Waals surface area contributed by atoms with Crippen LogP contribution in [0.25, 0.3) is 10.9 Å². The fourth-order valence-electron chi connectivity index (χ4n) is 2.57. The maximum atomic E-state index is 12.2. The molecule has 0 aliphatic heterocycles. The first-order valence-electron chi connectivity index (χ1n) is 7.73. The van der Waals surface area contributed by atoms with Crippen molar-refractivity contribution in [1.29, 1.82) is 0 Å². The van der Waals surface area contributed by atoms with E-state index in [0.29, 0.717) is 35.9 Å². The molecule has 0 unspecified atom stereocenters. The fraction of sp³-hybridized carbons (Fsp3) is 0.412. The molecule has 2 aromatic rings. The van der Waals surface area contributed by atoms with Crippen molar-refractivity contribution in [2.24, 2.45) is 0 Å². The Kier molecular flexibility index (Phi) is 6.09. The van der Waals surface area contributed by atoms with E-state index in [1.807, 2.05) is 4.57 Å². The van der Waals surface area contributed by atoms with Crippen molar-refractivity contribution in [3.8, 4) is 5.75 Å². The number of carbonyl (C=O) groups excluding carboxylic acids is 1. The fourth-order valence-corrected chi connectivity index (χ4v) is 2.83. The number of fused-ring (bicyclic) bond motifs is 1. The van der Waals surface area contributed by atoms with Crippen LogP contribution in [-0.4, -0.2) is 35.3 Å². The van der Waals surface area contributed by atoms with Gasteiger partial charge in [-0.3, -0.25) is 4.79 Å². The molecule has 0 spiro atoms. The number of carboxylic acid groups (broad SMARTS) is 1.